The maximum absolute atomic E-state index is 12.7. The zero-order valence-electron chi connectivity index (χ0n) is 16.7. The van der Waals surface area contributed by atoms with E-state index in [1.807, 2.05) is 19.1 Å². The van der Waals surface area contributed by atoms with Gasteiger partial charge in [0.25, 0.3) is 5.91 Å². The van der Waals surface area contributed by atoms with Crippen molar-refractivity contribution in [2.45, 2.75) is 38.8 Å². The van der Waals surface area contributed by atoms with E-state index in [-0.39, 0.29) is 24.2 Å². The van der Waals surface area contributed by atoms with Crippen molar-refractivity contribution in [3.05, 3.63) is 59.4 Å². The van der Waals surface area contributed by atoms with Crippen LogP contribution < -0.4 is 5.32 Å². The van der Waals surface area contributed by atoms with Crippen LogP contribution in [0.15, 0.2) is 42.5 Å². The van der Waals surface area contributed by atoms with Crippen LogP contribution in [0, 0.1) is 12.8 Å². The first-order chi connectivity index (χ1) is 14.2. The first-order valence-corrected chi connectivity index (χ1v) is 9.92. The second-order valence-electron chi connectivity index (χ2n) is 7.59. The Hall–Kier alpha value is -2.90. The molecule has 8 heteroatoms. The summed E-state index contributed by atoms with van der Waals surface area (Å²) in [5, 5.41) is 2.63. The van der Waals surface area contributed by atoms with E-state index in [0.717, 1.165) is 30.7 Å². The molecule has 0 spiro atoms. The zero-order valence-corrected chi connectivity index (χ0v) is 16.7. The number of nitrogens with one attached hydrogen (secondary N) is 1. The topological polar surface area (TPSA) is 62.3 Å². The largest absolute Gasteiger partial charge is 0.416 e. The number of likely N-dealkylation sites (tertiary alicyclic amines) is 1. The van der Waals surface area contributed by atoms with E-state index >= 15 is 0 Å². The molecule has 1 saturated heterocycles. The highest BCUT2D eigenvalue weighted by atomic mass is 19.4. The summed E-state index contributed by atoms with van der Waals surface area (Å²) in [7, 11) is 0. The van der Waals surface area contributed by atoms with Crippen molar-refractivity contribution in [2.75, 3.05) is 18.4 Å². The highest BCUT2D eigenvalue weighted by Crippen LogP contribution is 2.30. The number of halogens is 3. The molecule has 3 rings (SSSR count). The van der Waals surface area contributed by atoms with E-state index in [0.29, 0.717) is 30.9 Å². The fourth-order valence-corrected chi connectivity index (χ4v) is 3.61. The number of carbonyl (C=O) groups excluding carboxylic acids is 2. The molecule has 1 aromatic carbocycles. The van der Waals surface area contributed by atoms with Gasteiger partial charge >= 0.3 is 6.18 Å². The molecule has 1 aliphatic heterocycles. The number of aryl methyl sites for hydroxylation is 1. The van der Waals surface area contributed by atoms with E-state index in [9.17, 15) is 22.8 Å². The van der Waals surface area contributed by atoms with Crippen molar-refractivity contribution < 1.29 is 22.8 Å². The van der Waals surface area contributed by atoms with Crippen LogP contribution >= 0.6 is 0 Å². The van der Waals surface area contributed by atoms with E-state index in [4.69, 9.17) is 0 Å². The predicted molar refractivity (Wildman–Crippen MR) is 107 cm³/mol. The van der Waals surface area contributed by atoms with Crippen molar-refractivity contribution in [1.29, 1.82) is 0 Å². The van der Waals surface area contributed by atoms with Crippen LogP contribution in [-0.2, 0) is 11.0 Å². The van der Waals surface area contributed by atoms with E-state index in [1.54, 1.807) is 11.0 Å². The number of pyridine rings is 1. The Morgan fingerprint density at radius 3 is 2.57 bits per heavy atom. The summed E-state index contributed by atoms with van der Waals surface area (Å²) in [6, 6.07) is 9.73. The van der Waals surface area contributed by atoms with Gasteiger partial charge in [0, 0.05) is 30.9 Å². The third kappa shape index (κ3) is 5.81. The molecule has 160 valence electrons. The number of alkyl halides is 3. The Bertz CT molecular complexity index is 897. The van der Waals surface area contributed by atoms with Crippen molar-refractivity contribution in [2.24, 2.45) is 5.92 Å². The predicted octanol–water partition coefficient (Wildman–Crippen LogP) is 4.68. The average Bonchev–Trinajstić information content (AvgIpc) is 2.72. The first-order valence-electron chi connectivity index (χ1n) is 9.92. The number of piperidine rings is 1. The fraction of sp³-hybridized carbons (Fsp3) is 0.409. The number of hydrogen-bond donors (Lipinski definition) is 1. The van der Waals surface area contributed by atoms with Gasteiger partial charge in [-0.05, 0) is 68.5 Å². The summed E-state index contributed by atoms with van der Waals surface area (Å²) in [5.74, 6) is -0.151. The number of anilines is 1. The van der Waals surface area contributed by atoms with Gasteiger partial charge in [0.05, 0.1) is 5.56 Å². The molecule has 0 aliphatic carbocycles. The molecule has 0 bridgehead atoms. The lowest BCUT2D eigenvalue weighted by atomic mass is 9.93. The van der Waals surface area contributed by atoms with Gasteiger partial charge in [0.1, 0.15) is 5.69 Å². The molecular formula is C22H24F3N3O2. The number of benzene rings is 1. The molecule has 0 radical (unpaired) electrons. The summed E-state index contributed by atoms with van der Waals surface area (Å²) in [5.41, 5.74) is 0.791. The molecule has 1 atom stereocenters. The number of rotatable bonds is 5. The van der Waals surface area contributed by atoms with Gasteiger partial charge < -0.3 is 10.2 Å². The van der Waals surface area contributed by atoms with Crippen molar-refractivity contribution >= 4 is 17.5 Å². The lowest BCUT2D eigenvalue weighted by molar-refractivity contribution is -0.137. The summed E-state index contributed by atoms with van der Waals surface area (Å²) < 4.78 is 37.8. The third-order valence-corrected chi connectivity index (χ3v) is 5.19. The summed E-state index contributed by atoms with van der Waals surface area (Å²) >= 11 is 0. The lowest BCUT2D eigenvalue weighted by Crippen LogP contribution is -2.40. The number of carbonyl (C=O) groups is 2. The number of nitrogens with zero attached hydrogens (tertiary/aromatic N) is 2. The van der Waals surface area contributed by atoms with Crippen molar-refractivity contribution in [3.8, 4) is 0 Å². The summed E-state index contributed by atoms with van der Waals surface area (Å²) in [4.78, 5) is 30.9. The Labute approximate surface area is 173 Å². The van der Waals surface area contributed by atoms with Gasteiger partial charge in [-0.25, -0.2) is 4.98 Å². The highest BCUT2D eigenvalue weighted by molar-refractivity contribution is 5.92. The molecule has 1 N–H and O–H groups in total. The quantitative estimate of drug-likeness (QED) is 0.766. The fourth-order valence-electron chi connectivity index (χ4n) is 3.61. The highest BCUT2D eigenvalue weighted by Gasteiger charge is 2.30. The van der Waals surface area contributed by atoms with E-state index in [1.165, 1.54) is 12.1 Å². The summed E-state index contributed by atoms with van der Waals surface area (Å²) in [6.45, 7) is 3.08. The SMILES string of the molecule is Cc1cccc(C(=O)N2CCCC(CCC(=O)Nc3ccc(C(F)(F)F)cc3)C2)n1. The lowest BCUT2D eigenvalue weighted by Gasteiger charge is -2.32. The number of aromatic nitrogens is 1. The second kappa shape index (κ2) is 9.28. The third-order valence-electron chi connectivity index (χ3n) is 5.19. The molecule has 2 heterocycles. The van der Waals surface area contributed by atoms with Gasteiger partial charge in [-0.3, -0.25) is 9.59 Å². The zero-order chi connectivity index (χ0) is 21.7. The van der Waals surface area contributed by atoms with Crippen LogP contribution in [0.4, 0.5) is 18.9 Å². The normalized spacial score (nSPS) is 16.9. The average molecular weight is 419 g/mol. The molecule has 0 saturated carbocycles. The van der Waals surface area contributed by atoms with Crippen molar-refractivity contribution in [3.63, 3.8) is 0 Å². The standard InChI is InChI=1S/C22H24F3N3O2/c1-15-4-2-6-19(26-15)21(30)28-13-3-5-16(14-28)7-12-20(29)27-18-10-8-17(9-11-18)22(23,24)25/h2,4,6,8-11,16H,3,5,7,12-14H2,1H3,(H,27,29). The van der Waals surface area contributed by atoms with Crippen molar-refractivity contribution in [1.82, 2.24) is 9.88 Å². The minimum absolute atomic E-state index is 0.0994. The molecule has 1 unspecified atom stereocenters. The summed E-state index contributed by atoms with van der Waals surface area (Å²) in [6.07, 6.45) is -1.75. The number of amides is 2. The van der Waals surface area contributed by atoms with Crippen LogP contribution in [0.5, 0.6) is 0 Å². The first kappa shape index (κ1) is 21.8. The Morgan fingerprint density at radius 2 is 1.90 bits per heavy atom. The van der Waals surface area contributed by atoms with Gasteiger partial charge in [0.15, 0.2) is 0 Å². The van der Waals surface area contributed by atoms with E-state index < -0.39 is 11.7 Å². The maximum Gasteiger partial charge on any atom is 0.416 e. The van der Waals surface area contributed by atoms with Gasteiger partial charge in [-0.2, -0.15) is 13.2 Å². The van der Waals surface area contributed by atoms with Gasteiger partial charge in [-0.15, -0.1) is 0 Å². The van der Waals surface area contributed by atoms with Crippen LogP contribution in [0.1, 0.15) is 47.4 Å². The molecule has 1 aliphatic rings. The smallest absolute Gasteiger partial charge is 0.337 e. The monoisotopic (exact) mass is 419 g/mol. The Balaban J connectivity index is 1.49. The van der Waals surface area contributed by atoms with Gasteiger partial charge in [-0.1, -0.05) is 6.07 Å². The molecule has 5 nitrogen and oxygen atoms in total. The molecule has 2 amide bonds. The van der Waals surface area contributed by atoms with Crippen LogP contribution in [-0.4, -0.2) is 34.8 Å². The second-order valence-corrected chi connectivity index (χ2v) is 7.59. The maximum atomic E-state index is 12.7. The Kier molecular flexibility index (Phi) is 6.74. The van der Waals surface area contributed by atoms with Crippen LogP contribution in [0.2, 0.25) is 0 Å². The van der Waals surface area contributed by atoms with Crippen LogP contribution in [0.3, 0.4) is 0 Å². The molecule has 2 aromatic rings. The minimum Gasteiger partial charge on any atom is -0.337 e. The minimum atomic E-state index is -4.40. The molecule has 1 fully saturated rings. The molecular weight excluding hydrogens is 395 g/mol. The number of hydrogen-bond acceptors (Lipinski definition) is 3. The van der Waals surface area contributed by atoms with E-state index in [2.05, 4.69) is 10.3 Å². The van der Waals surface area contributed by atoms with Gasteiger partial charge in [0.2, 0.25) is 5.91 Å². The Morgan fingerprint density at radius 1 is 1.17 bits per heavy atom. The molecule has 1 aromatic heterocycles. The van der Waals surface area contributed by atoms with Crippen LogP contribution in [0.25, 0.3) is 0 Å². The molecule has 30 heavy (non-hydrogen) atoms.